The summed E-state index contributed by atoms with van der Waals surface area (Å²) in [7, 11) is 0. The number of fused-ring (bicyclic) bond motifs is 6. The van der Waals surface area contributed by atoms with E-state index in [4.69, 9.17) is 0 Å². The highest BCUT2D eigenvalue weighted by Gasteiger charge is 2.44. The van der Waals surface area contributed by atoms with Crippen LogP contribution in [0.3, 0.4) is 0 Å². The Morgan fingerprint density at radius 1 is 0.322 bits per heavy atom. The molecule has 9 aromatic carbocycles. The van der Waals surface area contributed by atoms with Crippen LogP contribution in [0.25, 0.3) is 66.4 Å². The van der Waals surface area contributed by atoms with Gasteiger partial charge in [-0.25, -0.2) is 0 Å². The van der Waals surface area contributed by atoms with Crippen LogP contribution in [0.1, 0.15) is 43.2 Å². The van der Waals surface area contributed by atoms with Gasteiger partial charge in [-0.2, -0.15) is 0 Å². The van der Waals surface area contributed by atoms with E-state index in [1.807, 2.05) is 0 Å². The molecule has 0 unspecified atom stereocenters. The third kappa shape index (κ3) is 6.00. The molecule has 0 bridgehead atoms. The Morgan fingerprint density at radius 3 is 1.68 bits per heavy atom. The molecule has 9 aromatic rings. The van der Waals surface area contributed by atoms with Gasteiger partial charge in [-0.15, -0.1) is 0 Å². The number of benzene rings is 9. The standard InChI is InChI=1S/C58H45N/c1-3-19-41(20-4-1)47-26-7-8-27-49(47)50-28-9-10-29-51(50)54-31-12-14-34-57(54)59(44-24-17-23-43(39-44)48-32-18-22-42-21-5-6-25-46(42)48)45-35-36-53-52-30-11-13-33-55(52)58(56(53)40-45)37-15-2-16-38-58/h1,3-14,17-36,39-40H,2,15-16,37-38H2. The third-order valence-electron chi connectivity index (χ3n) is 13.1. The molecule has 1 heteroatoms. The van der Waals surface area contributed by atoms with Crippen molar-refractivity contribution in [3.63, 3.8) is 0 Å². The fourth-order valence-electron chi connectivity index (χ4n) is 10.4. The zero-order valence-corrected chi connectivity index (χ0v) is 33.2. The summed E-state index contributed by atoms with van der Waals surface area (Å²) in [4.78, 5) is 2.53. The number of hydrogen-bond acceptors (Lipinski definition) is 1. The average molecular weight is 756 g/mol. The van der Waals surface area contributed by atoms with Gasteiger partial charge in [0.15, 0.2) is 0 Å². The first-order valence-corrected chi connectivity index (χ1v) is 21.2. The van der Waals surface area contributed by atoms with Crippen LogP contribution in [0, 0.1) is 0 Å². The summed E-state index contributed by atoms with van der Waals surface area (Å²) < 4.78 is 0. The highest BCUT2D eigenvalue weighted by Crippen LogP contribution is 2.57. The Kier molecular flexibility index (Phi) is 8.81. The Hall–Kier alpha value is -6.96. The smallest absolute Gasteiger partial charge is 0.0540 e. The summed E-state index contributed by atoms with van der Waals surface area (Å²) in [5.74, 6) is 0. The molecule has 11 rings (SSSR count). The van der Waals surface area contributed by atoms with Gasteiger partial charge in [0.05, 0.1) is 5.69 Å². The summed E-state index contributed by atoms with van der Waals surface area (Å²) in [6.45, 7) is 0. The Balaban J connectivity index is 1.14. The zero-order valence-electron chi connectivity index (χ0n) is 33.2. The van der Waals surface area contributed by atoms with Gasteiger partial charge in [0.2, 0.25) is 0 Å². The van der Waals surface area contributed by atoms with Crippen LogP contribution in [0.4, 0.5) is 17.1 Å². The zero-order chi connectivity index (χ0) is 39.2. The van der Waals surface area contributed by atoms with E-state index in [0.29, 0.717) is 0 Å². The molecule has 1 fully saturated rings. The minimum atomic E-state index is 0.0456. The Bertz CT molecular complexity index is 2980. The fraction of sp³-hybridized carbons (Fsp3) is 0.103. The lowest BCUT2D eigenvalue weighted by Crippen LogP contribution is -2.28. The Morgan fingerprint density at radius 2 is 0.864 bits per heavy atom. The molecule has 1 saturated carbocycles. The van der Waals surface area contributed by atoms with Crippen molar-refractivity contribution >= 4 is 27.8 Å². The summed E-state index contributed by atoms with van der Waals surface area (Å²) in [5.41, 5.74) is 19.1. The van der Waals surface area contributed by atoms with Crippen molar-refractivity contribution in [3.05, 3.63) is 223 Å². The minimum absolute atomic E-state index is 0.0456. The Labute approximate surface area is 347 Å². The van der Waals surface area contributed by atoms with Crippen LogP contribution in [-0.4, -0.2) is 0 Å². The van der Waals surface area contributed by atoms with Gasteiger partial charge in [0, 0.05) is 22.4 Å². The van der Waals surface area contributed by atoms with Crippen LogP contribution in [0.2, 0.25) is 0 Å². The molecular formula is C58H45N. The van der Waals surface area contributed by atoms with E-state index in [2.05, 4.69) is 217 Å². The lowest BCUT2D eigenvalue weighted by molar-refractivity contribution is 0.353. The van der Waals surface area contributed by atoms with Crippen molar-refractivity contribution in [2.45, 2.75) is 37.5 Å². The van der Waals surface area contributed by atoms with E-state index in [1.54, 1.807) is 0 Å². The highest BCUT2D eigenvalue weighted by molar-refractivity contribution is 6.00. The van der Waals surface area contributed by atoms with E-state index < -0.39 is 0 Å². The number of rotatable bonds is 7. The third-order valence-corrected chi connectivity index (χ3v) is 13.1. The maximum absolute atomic E-state index is 2.55. The van der Waals surface area contributed by atoms with Crippen LogP contribution >= 0.6 is 0 Å². The van der Waals surface area contributed by atoms with Gasteiger partial charge < -0.3 is 4.90 Å². The molecular weight excluding hydrogens is 711 g/mol. The van der Waals surface area contributed by atoms with Crippen LogP contribution in [0.15, 0.2) is 212 Å². The SMILES string of the molecule is c1ccc(-c2ccccc2-c2ccccc2-c2ccccc2N(c2cccc(-c3cccc4ccccc34)c2)c2ccc3c(c2)C2(CCCCC2)c2ccccc2-3)cc1. The maximum atomic E-state index is 2.55. The van der Waals surface area contributed by atoms with Gasteiger partial charge in [-0.05, 0) is 115 Å². The molecule has 1 spiro atoms. The van der Waals surface area contributed by atoms with Gasteiger partial charge in [-0.1, -0.05) is 201 Å². The average Bonchev–Trinajstić information content (AvgIpc) is 3.57. The quantitative estimate of drug-likeness (QED) is 0.157. The van der Waals surface area contributed by atoms with E-state index in [1.165, 1.54) is 115 Å². The second kappa shape index (κ2) is 14.8. The molecule has 0 saturated heterocycles. The highest BCUT2D eigenvalue weighted by atomic mass is 15.1. The lowest BCUT2D eigenvalue weighted by Gasteiger charge is -2.37. The fourth-order valence-corrected chi connectivity index (χ4v) is 10.4. The molecule has 0 radical (unpaired) electrons. The summed E-state index contributed by atoms with van der Waals surface area (Å²) >= 11 is 0. The molecule has 2 aliphatic rings. The number of hydrogen-bond donors (Lipinski definition) is 0. The van der Waals surface area contributed by atoms with E-state index in [9.17, 15) is 0 Å². The minimum Gasteiger partial charge on any atom is -0.310 e. The van der Waals surface area contributed by atoms with Crippen molar-refractivity contribution < 1.29 is 0 Å². The van der Waals surface area contributed by atoms with Crippen molar-refractivity contribution in [1.82, 2.24) is 0 Å². The molecule has 0 N–H and O–H groups in total. The monoisotopic (exact) mass is 755 g/mol. The van der Waals surface area contributed by atoms with Gasteiger partial charge in [0.25, 0.3) is 0 Å². The van der Waals surface area contributed by atoms with Crippen molar-refractivity contribution in [2.75, 3.05) is 4.90 Å². The second-order valence-electron chi connectivity index (χ2n) is 16.3. The van der Waals surface area contributed by atoms with Gasteiger partial charge in [-0.3, -0.25) is 0 Å². The lowest BCUT2D eigenvalue weighted by atomic mass is 9.68. The number of nitrogens with zero attached hydrogens (tertiary/aromatic N) is 1. The topological polar surface area (TPSA) is 3.24 Å². The molecule has 1 nitrogen and oxygen atoms in total. The molecule has 0 aliphatic heterocycles. The number of para-hydroxylation sites is 1. The first-order valence-electron chi connectivity index (χ1n) is 21.2. The molecule has 59 heavy (non-hydrogen) atoms. The first kappa shape index (κ1) is 35.2. The first-order chi connectivity index (χ1) is 29.3. The van der Waals surface area contributed by atoms with E-state index in [-0.39, 0.29) is 5.41 Å². The van der Waals surface area contributed by atoms with Crippen LogP contribution in [-0.2, 0) is 5.41 Å². The summed E-state index contributed by atoms with van der Waals surface area (Å²) in [6, 6.07) is 78.7. The molecule has 0 aromatic heterocycles. The maximum Gasteiger partial charge on any atom is 0.0540 e. The molecule has 2 aliphatic carbocycles. The van der Waals surface area contributed by atoms with Crippen molar-refractivity contribution in [2.24, 2.45) is 0 Å². The summed E-state index contributed by atoms with van der Waals surface area (Å²) in [6.07, 6.45) is 6.23. The van der Waals surface area contributed by atoms with Gasteiger partial charge in [0.1, 0.15) is 0 Å². The number of anilines is 3. The van der Waals surface area contributed by atoms with Crippen molar-refractivity contribution in [3.8, 4) is 55.6 Å². The predicted octanol–water partition coefficient (Wildman–Crippen LogP) is 16.2. The molecule has 0 amide bonds. The van der Waals surface area contributed by atoms with E-state index >= 15 is 0 Å². The molecule has 0 heterocycles. The predicted molar refractivity (Wildman–Crippen MR) is 250 cm³/mol. The molecule has 0 atom stereocenters. The largest absolute Gasteiger partial charge is 0.310 e. The summed E-state index contributed by atoms with van der Waals surface area (Å²) in [5, 5.41) is 2.51. The van der Waals surface area contributed by atoms with Crippen LogP contribution in [0.5, 0.6) is 0 Å². The van der Waals surface area contributed by atoms with E-state index in [0.717, 1.165) is 11.4 Å². The second-order valence-corrected chi connectivity index (χ2v) is 16.3. The van der Waals surface area contributed by atoms with Crippen LogP contribution < -0.4 is 4.90 Å². The molecule has 282 valence electrons. The van der Waals surface area contributed by atoms with Crippen molar-refractivity contribution in [1.29, 1.82) is 0 Å². The normalized spacial score (nSPS) is 13.9. The van der Waals surface area contributed by atoms with Gasteiger partial charge >= 0.3 is 0 Å².